The molecule has 2 heteroatoms. The number of para-hydroxylation sites is 1. The van der Waals surface area contributed by atoms with Crippen LogP contribution in [0, 0.1) is 5.92 Å². The lowest BCUT2D eigenvalue weighted by Crippen LogP contribution is -2.25. The van der Waals surface area contributed by atoms with Crippen LogP contribution in [0.25, 0.3) is 11.1 Å². The molecule has 4 rings (SSSR count). The molecule has 3 aromatic rings. The van der Waals surface area contributed by atoms with E-state index in [9.17, 15) is 4.39 Å². The van der Waals surface area contributed by atoms with E-state index in [1.165, 1.54) is 16.7 Å². The van der Waals surface area contributed by atoms with Crippen molar-refractivity contribution >= 4 is 0 Å². The highest BCUT2D eigenvalue weighted by Gasteiger charge is 2.31. The van der Waals surface area contributed by atoms with Crippen LogP contribution in [0.1, 0.15) is 44.1 Å². The van der Waals surface area contributed by atoms with E-state index in [1.54, 1.807) is 24.3 Å². The molecule has 0 spiro atoms. The predicted molar refractivity (Wildman–Crippen MR) is 115 cm³/mol. The summed E-state index contributed by atoms with van der Waals surface area (Å²) >= 11 is 0. The Bertz CT molecular complexity index is 831. The van der Waals surface area contributed by atoms with Gasteiger partial charge in [0, 0.05) is 0 Å². The van der Waals surface area contributed by atoms with Crippen LogP contribution in [-0.4, -0.2) is 11.3 Å². The molecule has 3 unspecified atom stereocenters. The Kier molecular flexibility index (Phi) is 7.25. The van der Waals surface area contributed by atoms with Crippen molar-refractivity contribution in [2.75, 3.05) is 0 Å². The van der Waals surface area contributed by atoms with Gasteiger partial charge < -0.3 is 5.11 Å². The molecule has 146 valence electrons. The third-order valence-electron chi connectivity index (χ3n) is 5.67. The summed E-state index contributed by atoms with van der Waals surface area (Å²) in [7, 11) is 0. The molecule has 3 atom stereocenters. The Labute approximate surface area is 167 Å². The fraction of sp³-hybridized carbons (Fsp3) is 0.308. The van der Waals surface area contributed by atoms with E-state index in [4.69, 9.17) is 5.11 Å². The molecule has 0 saturated heterocycles. The highest BCUT2D eigenvalue weighted by Crippen LogP contribution is 2.41. The summed E-state index contributed by atoms with van der Waals surface area (Å²) in [6.07, 6.45) is 3.14. The van der Waals surface area contributed by atoms with E-state index in [-0.39, 0.29) is 5.92 Å². The summed E-state index contributed by atoms with van der Waals surface area (Å²) < 4.78 is 14.3. The monoisotopic (exact) mass is 376 g/mol. The van der Waals surface area contributed by atoms with Crippen molar-refractivity contribution in [3.05, 3.63) is 90.5 Å². The number of aromatic hydroxyl groups is 1. The summed E-state index contributed by atoms with van der Waals surface area (Å²) in [5.41, 5.74) is 3.83. The molecular weight excluding hydrogens is 347 g/mol. The Morgan fingerprint density at radius 2 is 1.43 bits per heavy atom. The number of rotatable bonds is 3. The number of hydrogen-bond donors (Lipinski definition) is 1. The van der Waals surface area contributed by atoms with E-state index in [2.05, 4.69) is 55.5 Å². The van der Waals surface area contributed by atoms with E-state index >= 15 is 0 Å². The number of hydrogen-bond acceptors (Lipinski definition) is 1. The zero-order valence-electron chi connectivity index (χ0n) is 16.5. The van der Waals surface area contributed by atoms with Crippen LogP contribution in [-0.2, 0) is 0 Å². The van der Waals surface area contributed by atoms with E-state index in [0.29, 0.717) is 18.1 Å². The standard InChI is InChI=1S/C20H23F.C6H6O/c1-2-15-12-13-17(14-20(15)21)19-11-7-6-10-18(19)16-8-4-3-5-9-16;7-6-4-2-1-3-5-6/h3-11,15,17,20H,2,12-14H2,1H3;1-5,7H. The normalized spacial score (nSPS) is 21.4. The second kappa shape index (κ2) is 10.1. The van der Waals surface area contributed by atoms with Crippen molar-refractivity contribution in [2.24, 2.45) is 5.92 Å². The van der Waals surface area contributed by atoms with Gasteiger partial charge in [0.05, 0.1) is 0 Å². The fourth-order valence-corrected chi connectivity index (χ4v) is 4.08. The van der Waals surface area contributed by atoms with Crippen LogP contribution in [0.5, 0.6) is 5.75 Å². The maximum atomic E-state index is 14.3. The van der Waals surface area contributed by atoms with Crippen molar-refractivity contribution in [2.45, 2.75) is 44.7 Å². The largest absolute Gasteiger partial charge is 0.508 e. The smallest absolute Gasteiger partial charge is 0.115 e. The van der Waals surface area contributed by atoms with E-state index in [0.717, 1.165) is 19.3 Å². The van der Waals surface area contributed by atoms with Gasteiger partial charge in [-0.05, 0) is 59.9 Å². The Morgan fingerprint density at radius 1 is 0.821 bits per heavy atom. The Hall–Kier alpha value is -2.61. The van der Waals surface area contributed by atoms with Crippen molar-refractivity contribution in [1.82, 2.24) is 0 Å². The topological polar surface area (TPSA) is 20.2 Å². The van der Waals surface area contributed by atoms with E-state index < -0.39 is 6.17 Å². The first kappa shape index (κ1) is 20.1. The molecule has 1 aliphatic carbocycles. The van der Waals surface area contributed by atoms with Crippen LogP contribution >= 0.6 is 0 Å². The second-order valence-corrected chi connectivity index (χ2v) is 7.48. The van der Waals surface area contributed by atoms with Crippen LogP contribution < -0.4 is 0 Å². The molecule has 0 radical (unpaired) electrons. The number of phenols is 1. The lowest BCUT2D eigenvalue weighted by Gasteiger charge is -2.32. The average Bonchev–Trinajstić information content (AvgIpc) is 2.75. The molecule has 0 bridgehead atoms. The van der Waals surface area contributed by atoms with Gasteiger partial charge in [-0.3, -0.25) is 0 Å². The third-order valence-corrected chi connectivity index (χ3v) is 5.67. The highest BCUT2D eigenvalue weighted by molar-refractivity contribution is 5.68. The lowest BCUT2D eigenvalue weighted by molar-refractivity contribution is 0.147. The lowest BCUT2D eigenvalue weighted by atomic mass is 9.75. The Morgan fingerprint density at radius 3 is 2.00 bits per heavy atom. The Balaban J connectivity index is 0.000000271. The first-order chi connectivity index (χ1) is 13.7. The second-order valence-electron chi connectivity index (χ2n) is 7.48. The SMILES string of the molecule is CCC1CCC(c2ccccc2-c2ccccc2)CC1F.Oc1ccccc1. The minimum absolute atomic E-state index is 0.269. The molecule has 1 fully saturated rings. The molecule has 1 N–H and O–H groups in total. The average molecular weight is 377 g/mol. The maximum Gasteiger partial charge on any atom is 0.115 e. The minimum Gasteiger partial charge on any atom is -0.508 e. The number of phenolic OH excluding ortho intramolecular Hbond substituents is 1. The fourth-order valence-electron chi connectivity index (χ4n) is 4.08. The summed E-state index contributed by atoms with van der Waals surface area (Å²) in [6, 6.07) is 27.7. The van der Waals surface area contributed by atoms with Gasteiger partial charge in [0.2, 0.25) is 0 Å². The predicted octanol–water partition coefficient (Wildman–Crippen LogP) is 7.38. The molecule has 0 aromatic heterocycles. The molecule has 0 amide bonds. The van der Waals surface area contributed by atoms with Crippen molar-refractivity contribution < 1.29 is 9.50 Å². The van der Waals surface area contributed by atoms with Gasteiger partial charge in [0.25, 0.3) is 0 Å². The summed E-state index contributed by atoms with van der Waals surface area (Å²) in [5.74, 6) is 0.951. The summed E-state index contributed by atoms with van der Waals surface area (Å²) in [4.78, 5) is 0. The van der Waals surface area contributed by atoms with E-state index in [1.807, 2.05) is 12.1 Å². The zero-order valence-corrected chi connectivity index (χ0v) is 16.5. The van der Waals surface area contributed by atoms with Gasteiger partial charge in [0.15, 0.2) is 0 Å². The molecule has 1 aliphatic rings. The van der Waals surface area contributed by atoms with Crippen LogP contribution in [0.2, 0.25) is 0 Å². The van der Waals surface area contributed by atoms with Gasteiger partial charge in [-0.1, -0.05) is 86.1 Å². The van der Waals surface area contributed by atoms with Crippen LogP contribution in [0.4, 0.5) is 4.39 Å². The van der Waals surface area contributed by atoms with Gasteiger partial charge in [-0.15, -0.1) is 0 Å². The summed E-state index contributed by atoms with van der Waals surface area (Å²) in [5, 5.41) is 8.63. The molecule has 1 saturated carbocycles. The molecule has 1 nitrogen and oxygen atoms in total. The van der Waals surface area contributed by atoms with Gasteiger partial charge in [-0.25, -0.2) is 4.39 Å². The molecule has 0 aliphatic heterocycles. The van der Waals surface area contributed by atoms with Gasteiger partial charge in [-0.2, -0.15) is 0 Å². The first-order valence-electron chi connectivity index (χ1n) is 10.2. The quantitative estimate of drug-likeness (QED) is 0.505. The van der Waals surface area contributed by atoms with Crippen molar-refractivity contribution in [3.63, 3.8) is 0 Å². The minimum atomic E-state index is -0.641. The number of benzene rings is 3. The van der Waals surface area contributed by atoms with Crippen molar-refractivity contribution in [1.29, 1.82) is 0 Å². The third kappa shape index (κ3) is 5.22. The number of alkyl halides is 1. The highest BCUT2D eigenvalue weighted by atomic mass is 19.1. The van der Waals surface area contributed by atoms with Crippen LogP contribution in [0.15, 0.2) is 84.9 Å². The zero-order chi connectivity index (χ0) is 19.8. The van der Waals surface area contributed by atoms with Crippen LogP contribution in [0.3, 0.4) is 0 Å². The van der Waals surface area contributed by atoms with Gasteiger partial charge >= 0.3 is 0 Å². The molecule has 3 aromatic carbocycles. The molecule has 28 heavy (non-hydrogen) atoms. The van der Waals surface area contributed by atoms with Crippen molar-refractivity contribution in [3.8, 4) is 16.9 Å². The molecule has 0 heterocycles. The number of halogens is 1. The molecular formula is C26H29FO. The first-order valence-corrected chi connectivity index (χ1v) is 10.2. The van der Waals surface area contributed by atoms with Gasteiger partial charge in [0.1, 0.15) is 11.9 Å². The maximum absolute atomic E-state index is 14.3. The summed E-state index contributed by atoms with van der Waals surface area (Å²) in [6.45, 7) is 2.11.